The Labute approximate surface area is 234 Å². The van der Waals surface area contributed by atoms with Crippen molar-refractivity contribution in [3.63, 3.8) is 0 Å². The summed E-state index contributed by atoms with van der Waals surface area (Å²) in [7, 11) is 0. The van der Waals surface area contributed by atoms with Crippen molar-refractivity contribution in [1.29, 1.82) is 0 Å². The van der Waals surface area contributed by atoms with Crippen LogP contribution >= 0.6 is 11.6 Å². The molecule has 0 fully saturated rings. The third kappa shape index (κ3) is 5.02. The van der Waals surface area contributed by atoms with Gasteiger partial charge in [0.05, 0.1) is 17.6 Å². The number of halogens is 1. The van der Waals surface area contributed by atoms with Gasteiger partial charge in [-0.1, -0.05) is 78.3 Å². The molecule has 0 spiro atoms. The van der Waals surface area contributed by atoms with Crippen molar-refractivity contribution in [2.45, 2.75) is 19.3 Å². The number of aromatic nitrogens is 6. The van der Waals surface area contributed by atoms with E-state index in [-0.39, 0.29) is 29.8 Å². The summed E-state index contributed by atoms with van der Waals surface area (Å²) in [5.74, 6) is 0.193. The fraction of sp³-hybridized carbons (Fsp3) is 0.100. The Bertz CT molecular complexity index is 1840. The number of nitrogens with one attached hydrogen (secondary N) is 2. The number of fused-ring (bicyclic) bond motifs is 1. The van der Waals surface area contributed by atoms with Gasteiger partial charge in [0.1, 0.15) is 11.2 Å². The van der Waals surface area contributed by atoms with Crippen LogP contribution in [0.15, 0.2) is 102 Å². The average molecular weight is 550 g/mol. The summed E-state index contributed by atoms with van der Waals surface area (Å²) in [6.07, 6.45) is 1.67. The van der Waals surface area contributed by atoms with Crippen LogP contribution < -0.4 is 10.9 Å². The molecule has 40 heavy (non-hydrogen) atoms. The van der Waals surface area contributed by atoms with Crippen LogP contribution in [0.4, 0.5) is 5.82 Å². The Morgan fingerprint density at radius 3 is 2.33 bits per heavy atom. The predicted molar refractivity (Wildman–Crippen MR) is 154 cm³/mol. The highest BCUT2D eigenvalue weighted by molar-refractivity contribution is 6.30. The van der Waals surface area contributed by atoms with Crippen LogP contribution in [0, 0.1) is 6.92 Å². The molecule has 0 atom stereocenters. The molecule has 2 N–H and O–H groups in total. The van der Waals surface area contributed by atoms with Crippen molar-refractivity contribution in [2.75, 3.05) is 5.32 Å². The average Bonchev–Trinajstić information content (AvgIpc) is 3.56. The van der Waals surface area contributed by atoms with Gasteiger partial charge in [-0.2, -0.15) is 19.9 Å². The van der Waals surface area contributed by atoms with Gasteiger partial charge in [-0.25, -0.2) is 4.68 Å². The molecule has 6 aromatic rings. The van der Waals surface area contributed by atoms with Gasteiger partial charge in [-0.15, -0.1) is 0 Å². The number of carbonyl (C=O) groups excluding carboxylic acids is 1. The number of anilines is 1. The highest BCUT2D eigenvalue weighted by atomic mass is 35.5. The maximum absolute atomic E-state index is 13.4. The lowest BCUT2D eigenvalue weighted by molar-refractivity contribution is -0.116. The third-order valence-corrected chi connectivity index (χ3v) is 6.81. The molecule has 0 radical (unpaired) electrons. The van der Waals surface area contributed by atoms with Crippen molar-refractivity contribution < 1.29 is 4.79 Å². The second kappa shape index (κ2) is 10.6. The lowest BCUT2D eigenvalue weighted by Crippen LogP contribution is -2.20. The number of benzene rings is 3. The van der Waals surface area contributed by atoms with Crippen LogP contribution in [0.3, 0.4) is 0 Å². The second-order valence-electron chi connectivity index (χ2n) is 9.37. The van der Waals surface area contributed by atoms with Gasteiger partial charge in [-0.3, -0.25) is 14.6 Å². The minimum Gasteiger partial charge on any atom is -0.310 e. The van der Waals surface area contributed by atoms with Crippen molar-refractivity contribution >= 4 is 34.4 Å². The molecule has 0 saturated carbocycles. The molecule has 3 heterocycles. The number of carbonyl (C=O) groups is 1. The molecule has 10 heteroatoms. The Kier molecular flexibility index (Phi) is 6.71. The molecule has 0 aliphatic heterocycles. The van der Waals surface area contributed by atoms with E-state index in [4.69, 9.17) is 11.6 Å². The Hall–Kier alpha value is -5.02. The molecule has 3 aromatic heterocycles. The first-order chi connectivity index (χ1) is 19.5. The minimum absolute atomic E-state index is 0.138. The third-order valence-electron chi connectivity index (χ3n) is 6.57. The summed E-state index contributed by atoms with van der Waals surface area (Å²) in [5.41, 5.74) is 3.33. The van der Waals surface area contributed by atoms with Gasteiger partial charge in [0.15, 0.2) is 5.65 Å². The van der Waals surface area contributed by atoms with Gasteiger partial charge in [-0.05, 0) is 36.2 Å². The van der Waals surface area contributed by atoms with Gasteiger partial charge < -0.3 is 5.32 Å². The summed E-state index contributed by atoms with van der Waals surface area (Å²) in [6, 6.07) is 28.7. The van der Waals surface area contributed by atoms with E-state index in [9.17, 15) is 9.59 Å². The summed E-state index contributed by atoms with van der Waals surface area (Å²) >= 11 is 6.17. The van der Waals surface area contributed by atoms with Crippen molar-refractivity contribution in [3.05, 3.63) is 129 Å². The Balaban J connectivity index is 1.34. The van der Waals surface area contributed by atoms with E-state index in [1.807, 2.05) is 66.7 Å². The molecule has 9 nitrogen and oxygen atoms in total. The molecular weight excluding hydrogens is 526 g/mol. The Morgan fingerprint density at radius 2 is 1.65 bits per heavy atom. The lowest BCUT2D eigenvalue weighted by atomic mass is 9.88. The van der Waals surface area contributed by atoms with Crippen LogP contribution in [-0.4, -0.2) is 35.4 Å². The van der Waals surface area contributed by atoms with Crippen molar-refractivity contribution in [2.24, 2.45) is 0 Å². The standard InChI is InChI=1S/C30H24ClN7O2/c1-19-15-26(33-27(39)17-24(20-9-4-2-5-10-20)21-11-6-3-7-12-21)38(36-19)30-34-28-25(29(40)35-30)18-32-37(28)23-14-8-13-22(31)16-23/h2-16,18,24H,17H2,1H3,(H,33,39)(H,34,35,40). The minimum atomic E-state index is -0.382. The Morgan fingerprint density at radius 1 is 0.950 bits per heavy atom. The fourth-order valence-corrected chi connectivity index (χ4v) is 4.92. The van der Waals surface area contributed by atoms with Gasteiger partial charge in [0.25, 0.3) is 5.56 Å². The van der Waals surface area contributed by atoms with Gasteiger partial charge in [0, 0.05) is 23.4 Å². The zero-order valence-corrected chi connectivity index (χ0v) is 22.2. The first-order valence-corrected chi connectivity index (χ1v) is 13.0. The van der Waals surface area contributed by atoms with E-state index in [1.165, 1.54) is 10.9 Å². The highest BCUT2D eigenvalue weighted by Gasteiger charge is 2.21. The number of nitrogens with zero attached hydrogens (tertiary/aromatic N) is 5. The van der Waals surface area contributed by atoms with E-state index in [0.717, 1.165) is 11.1 Å². The van der Waals surface area contributed by atoms with Crippen molar-refractivity contribution in [1.82, 2.24) is 29.5 Å². The van der Waals surface area contributed by atoms with E-state index >= 15 is 0 Å². The molecule has 3 aromatic carbocycles. The number of aryl methyl sites for hydroxylation is 1. The molecule has 1 amide bonds. The molecule has 0 aliphatic carbocycles. The topological polar surface area (TPSA) is 110 Å². The number of hydrogen-bond acceptors (Lipinski definition) is 5. The zero-order valence-electron chi connectivity index (χ0n) is 21.5. The smallest absolute Gasteiger partial charge is 0.263 e. The van der Waals surface area contributed by atoms with Crippen molar-refractivity contribution in [3.8, 4) is 11.6 Å². The van der Waals surface area contributed by atoms with E-state index in [2.05, 4.69) is 25.5 Å². The maximum Gasteiger partial charge on any atom is 0.263 e. The molecule has 0 aliphatic rings. The molecule has 0 unspecified atom stereocenters. The first-order valence-electron chi connectivity index (χ1n) is 12.7. The maximum atomic E-state index is 13.4. The zero-order chi connectivity index (χ0) is 27.6. The highest BCUT2D eigenvalue weighted by Crippen LogP contribution is 2.29. The van der Waals surface area contributed by atoms with Crippen LogP contribution in [0.2, 0.25) is 5.02 Å². The molecular formula is C30H24ClN7O2. The number of amides is 1. The van der Waals surface area contributed by atoms with Crippen LogP contribution in [0.25, 0.3) is 22.7 Å². The normalized spacial score (nSPS) is 11.3. The molecule has 198 valence electrons. The van der Waals surface area contributed by atoms with E-state index in [1.54, 1.807) is 35.9 Å². The second-order valence-corrected chi connectivity index (χ2v) is 9.81. The summed E-state index contributed by atoms with van der Waals surface area (Å²) in [6.45, 7) is 1.80. The number of rotatable bonds is 7. The number of hydrogen-bond donors (Lipinski definition) is 2. The number of aromatic amines is 1. The predicted octanol–water partition coefficient (Wildman–Crippen LogP) is 5.42. The van der Waals surface area contributed by atoms with E-state index in [0.29, 0.717) is 33.3 Å². The lowest BCUT2D eigenvalue weighted by Gasteiger charge is -2.18. The molecule has 6 rings (SSSR count). The van der Waals surface area contributed by atoms with Crippen LogP contribution in [0.5, 0.6) is 0 Å². The molecule has 0 saturated heterocycles. The monoisotopic (exact) mass is 549 g/mol. The van der Waals surface area contributed by atoms with Crippen LogP contribution in [-0.2, 0) is 4.79 Å². The van der Waals surface area contributed by atoms with Gasteiger partial charge in [0.2, 0.25) is 11.9 Å². The number of H-pyrrole nitrogens is 1. The largest absolute Gasteiger partial charge is 0.310 e. The van der Waals surface area contributed by atoms with Gasteiger partial charge >= 0.3 is 0 Å². The SMILES string of the molecule is Cc1cc(NC(=O)CC(c2ccccc2)c2ccccc2)n(-c2nc3c(cnn3-c3cccc(Cl)c3)c(=O)[nH]2)n1. The fourth-order valence-electron chi connectivity index (χ4n) is 4.73. The summed E-state index contributed by atoms with van der Waals surface area (Å²) in [4.78, 5) is 33.8. The summed E-state index contributed by atoms with van der Waals surface area (Å²) in [5, 5.41) is 12.7. The van der Waals surface area contributed by atoms with Crippen LogP contribution in [0.1, 0.15) is 29.2 Å². The molecule has 0 bridgehead atoms. The first kappa shape index (κ1) is 25.3. The van der Waals surface area contributed by atoms with E-state index < -0.39 is 0 Å². The summed E-state index contributed by atoms with van der Waals surface area (Å²) < 4.78 is 2.96. The quantitative estimate of drug-likeness (QED) is 0.276.